The minimum Gasteiger partial charge on any atom is -0.479 e. The molecule has 4 bridgehead atoms. The molecule has 0 aromatic heterocycles. The zero-order valence-electron chi connectivity index (χ0n) is 21.5. The minimum absolute atomic E-state index is 0.190. The Morgan fingerprint density at radius 2 is 1.59 bits per heavy atom. The van der Waals surface area contributed by atoms with Crippen molar-refractivity contribution in [3.63, 3.8) is 0 Å². The molecule has 6 saturated carbocycles. The van der Waals surface area contributed by atoms with E-state index in [0.29, 0.717) is 17.8 Å². The van der Waals surface area contributed by atoms with Gasteiger partial charge in [-0.25, -0.2) is 22.8 Å². The quantitative estimate of drug-likeness (QED) is 0.371. The molecule has 3 N–H and O–H groups in total. The summed E-state index contributed by atoms with van der Waals surface area (Å²) in [5.41, 5.74) is 1.15. The molecule has 0 spiro atoms. The summed E-state index contributed by atoms with van der Waals surface area (Å²) in [4.78, 5) is 38.3. The van der Waals surface area contributed by atoms with E-state index < -0.39 is 70.4 Å². The van der Waals surface area contributed by atoms with Crippen LogP contribution in [-0.2, 0) is 35.2 Å². The number of aliphatic carboxylic acids is 1. The van der Waals surface area contributed by atoms with Crippen molar-refractivity contribution in [3.05, 3.63) is 35.4 Å². The summed E-state index contributed by atoms with van der Waals surface area (Å²) in [6.45, 7) is 1.09. The van der Waals surface area contributed by atoms with Crippen LogP contribution in [0.3, 0.4) is 0 Å². The van der Waals surface area contributed by atoms with E-state index in [-0.39, 0.29) is 18.6 Å². The first-order valence-electron chi connectivity index (χ1n) is 13.6. The van der Waals surface area contributed by atoms with Gasteiger partial charge in [0.25, 0.3) is 0 Å². The highest BCUT2D eigenvalue weighted by Gasteiger charge is 2.85. The first kappa shape index (κ1) is 26.6. The van der Waals surface area contributed by atoms with Crippen LogP contribution in [0.1, 0.15) is 57.4 Å². The Hall–Kier alpha value is -2.66. The van der Waals surface area contributed by atoms with Gasteiger partial charge in [-0.15, -0.1) is 0 Å². The van der Waals surface area contributed by atoms with Crippen LogP contribution in [-0.4, -0.2) is 46.6 Å². The number of rotatable bonds is 8. The van der Waals surface area contributed by atoms with Crippen molar-refractivity contribution < 1.29 is 46.9 Å². The first-order valence-corrected chi connectivity index (χ1v) is 13.6. The fourth-order valence-electron chi connectivity index (χ4n) is 8.53. The van der Waals surface area contributed by atoms with E-state index in [9.17, 15) is 28.3 Å². The van der Waals surface area contributed by atoms with Crippen molar-refractivity contribution in [2.45, 2.75) is 82.1 Å². The predicted octanol–water partition coefficient (Wildman–Crippen LogP) is 3.64. The maximum Gasteiger partial charge on any atom is 0.342 e. The molecule has 11 heteroatoms. The first-order chi connectivity index (χ1) is 18.4. The maximum absolute atomic E-state index is 15.3. The van der Waals surface area contributed by atoms with Crippen molar-refractivity contribution in [1.82, 2.24) is 0 Å². The van der Waals surface area contributed by atoms with Crippen LogP contribution in [0.5, 0.6) is 0 Å². The van der Waals surface area contributed by atoms with Crippen LogP contribution in [0.2, 0.25) is 0 Å². The molecule has 39 heavy (non-hydrogen) atoms. The van der Waals surface area contributed by atoms with Gasteiger partial charge in [-0.2, -0.15) is 0 Å². The Labute approximate surface area is 223 Å². The van der Waals surface area contributed by atoms with Gasteiger partial charge in [0.1, 0.15) is 5.54 Å². The summed E-state index contributed by atoms with van der Waals surface area (Å²) in [6, 6.07) is 3.12. The topological polar surface area (TPSA) is 125 Å². The summed E-state index contributed by atoms with van der Waals surface area (Å²) in [5.74, 6) is -6.44. The number of hydrogen-bond donors (Lipinski definition) is 2. The predicted molar refractivity (Wildman–Crippen MR) is 127 cm³/mol. The summed E-state index contributed by atoms with van der Waals surface area (Å²) < 4.78 is 58.9. The second-order valence-corrected chi connectivity index (χ2v) is 12.5. The minimum atomic E-state index is -2.73. The molecule has 0 amide bonds. The van der Waals surface area contributed by atoms with Crippen LogP contribution < -0.4 is 5.73 Å². The van der Waals surface area contributed by atoms with Gasteiger partial charge in [0.15, 0.2) is 11.6 Å². The number of benzene rings is 1. The molecule has 1 aromatic rings. The van der Waals surface area contributed by atoms with Crippen molar-refractivity contribution in [1.29, 1.82) is 0 Å². The number of carbonyl (C=O) groups excluding carboxylic acids is 2. The van der Waals surface area contributed by atoms with Gasteiger partial charge >= 0.3 is 17.9 Å². The van der Waals surface area contributed by atoms with Gasteiger partial charge in [-0.3, -0.25) is 4.79 Å². The van der Waals surface area contributed by atoms with Crippen molar-refractivity contribution in [2.75, 3.05) is 0 Å². The van der Waals surface area contributed by atoms with Gasteiger partial charge < -0.3 is 25.1 Å². The Balaban J connectivity index is 1.15. The summed E-state index contributed by atoms with van der Waals surface area (Å²) in [5, 5.41) is 9.47. The number of nitrogens with two attached hydrogens (primary N) is 1. The van der Waals surface area contributed by atoms with Gasteiger partial charge in [-0.1, -0.05) is 6.07 Å². The fraction of sp³-hybridized carbons (Fsp3) is 0.679. The summed E-state index contributed by atoms with van der Waals surface area (Å²) in [7, 11) is 0. The van der Waals surface area contributed by atoms with Crippen LogP contribution in [0.15, 0.2) is 18.2 Å². The molecule has 8 nitrogen and oxygen atoms in total. The molecule has 6 aliphatic carbocycles. The van der Waals surface area contributed by atoms with Gasteiger partial charge in [0.2, 0.25) is 12.0 Å². The molecule has 1 aromatic carbocycles. The zero-order chi connectivity index (χ0) is 27.9. The number of halogens is 3. The summed E-state index contributed by atoms with van der Waals surface area (Å²) in [6.07, 6.45) is 2.99. The lowest BCUT2D eigenvalue weighted by atomic mass is 9.49. The van der Waals surface area contributed by atoms with E-state index in [1.807, 2.05) is 0 Å². The molecule has 0 unspecified atom stereocenters. The molecule has 6 aliphatic rings. The van der Waals surface area contributed by atoms with Crippen LogP contribution in [0, 0.1) is 46.6 Å². The Bertz CT molecular complexity index is 1190. The smallest absolute Gasteiger partial charge is 0.342 e. The third-order valence-corrected chi connectivity index (χ3v) is 9.93. The maximum atomic E-state index is 15.3. The van der Waals surface area contributed by atoms with E-state index in [0.717, 1.165) is 50.7 Å². The lowest BCUT2D eigenvalue weighted by molar-refractivity contribution is -0.206. The highest BCUT2D eigenvalue weighted by Crippen LogP contribution is 2.67. The van der Waals surface area contributed by atoms with Crippen LogP contribution >= 0.6 is 0 Å². The molecule has 0 heterocycles. The molecule has 0 radical (unpaired) electrons. The highest BCUT2D eigenvalue weighted by molar-refractivity contribution is 5.91. The SMILES string of the molecule is C[C@@H](OC(=O)C12CC3CC(CC(C3)C1)C2)OC(=O)[C@@]1(N)[C@H]2[C@@H](C[C@H]1OCc1ccc(F)c(F)c1)[C@]2(F)C(=O)O. The molecular formula is C28H32F3NO7. The lowest BCUT2D eigenvalue weighted by Gasteiger charge is -2.55. The normalized spacial score (nSPS) is 42.1. The van der Waals surface area contributed by atoms with Gasteiger partial charge in [-0.05, 0) is 80.4 Å². The second-order valence-electron chi connectivity index (χ2n) is 12.5. The van der Waals surface area contributed by atoms with E-state index in [1.54, 1.807) is 0 Å². The van der Waals surface area contributed by atoms with Crippen LogP contribution in [0.25, 0.3) is 0 Å². The van der Waals surface area contributed by atoms with Gasteiger partial charge in [0.05, 0.1) is 18.1 Å². The third-order valence-electron chi connectivity index (χ3n) is 9.93. The average Bonchev–Trinajstić information content (AvgIpc) is 3.34. The van der Waals surface area contributed by atoms with E-state index in [1.165, 1.54) is 13.0 Å². The number of ether oxygens (including phenoxy) is 3. The fourth-order valence-corrected chi connectivity index (χ4v) is 8.53. The molecule has 6 atom stereocenters. The summed E-state index contributed by atoms with van der Waals surface area (Å²) >= 11 is 0. The third kappa shape index (κ3) is 4.06. The number of hydrogen-bond acceptors (Lipinski definition) is 7. The molecule has 6 fully saturated rings. The highest BCUT2D eigenvalue weighted by atomic mass is 19.2. The largest absolute Gasteiger partial charge is 0.479 e. The van der Waals surface area contributed by atoms with E-state index >= 15 is 4.39 Å². The lowest BCUT2D eigenvalue weighted by Crippen LogP contribution is -2.61. The molecule has 212 valence electrons. The Morgan fingerprint density at radius 3 is 2.15 bits per heavy atom. The standard InChI is InChI=1S/C28H32F3NO7/c1-13(38-24(35)26-9-15-4-16(10-26)6-17(5-15)11-26)39-25(36)28(32)21(8-18-22(28)27(18,31)23(33)34)37-12-14-2-3-19(29)20(30)7-14/h2-3,7,13,15-18,21-22H,4-6,8-12,32H2,1H3,(H,33,34)/t13-,15?,16?,17?,18+,21+,22-,26?,27+,28-/m0/s1. The number of esters is 2. The van der Waals surface area contributed by atoms with E-state index in [2.05, 4.69) is 0 Å². The number of fused-ring (bicyclic) bond motifs is 1. The van der Waals surface area contributed by atoms with Crippen molar-refractivity contribution in [2.24, 2.45) is 40.7 Å². The van der Waals surface area contributed by atoms with Crippen LogP contribution in [0.4, 0.5) is 13.2 Å². The average molecular weight is 552 g/mol. The van der Waals surface area contributed by atoms with Crippen molar-refractivity contribution >= 4 is 17.9 Å². The molecular weight excluding hydrogens is 519 g/mol. The van der Waals surface area contributed by atoms with Gasteiger partial charge in [0, 0.05) is 18.8 Å². The Kier molecular flexibility index (Phi) is 6.08. The van der Waals surface area contributed by atoms with Crippen molar-refractivity contribution in [3.8, 4) is 0 Å². The molecule has 7 rings (SSSR count). The Morgan fingerprint density at radius 1 is 1.00 bits per heavy atom. The monoisotopic (exact) mass is 551 g/mol. The van der Waals surface area contributed by atoms with E-state index in [4.69, 9.17) is 19.9 Å². The number of carboxylic acid groups (broad SMARTS) is 1. The molecule has 0 saturated heterocycles. The second kappa shape index (κ2) is 8.92. The number of alkyl halides is 1. The zero-order valence-corrected chi connectivity index (χ0v) is 21.5. The number of carbonyl (C=O) groups is 3. The molecule has 0 aliphatic heterocycles. The number of carboxylic acids is 1.